The molecule has 0 radical (unpaired) electrons. The third-order valence-electron chi connectivity index (χ3n) is 8.30. The molecule has 0 aliphatic heterocycles. The van der Waals surface area contributed by atoms with E-state index in [9.17, 15) is 15.0 Å². The summed E-state index contributed by atoms with van der Waals surface area (Å²) < 4.78 is 0. The lowest BCUT2D eigenvalue weighted by Gasteiger charge is -2.60. The number of carbonyl (C=O) groups excluding carboxylic acids is 1. The van der Waals surface area contributed by atoms with Crippen LogP contribution in [0.2, 0.25) is 0 Å². The molecule has 4 aliphatic carbocycles. The zero-order chi connectivity index (χ0) is 16.6. The highest BCUT2D eigenvalue weighted by Crippen LogP contribution is 2.66. The van der Waals surface area contributed by atoms with Crippen molar-refractivity contribution in [2.45, 2.75) is 71.5 Å². The smallest absolute Gasteiger partial charge is 0.184 e. The van der Waals surface area contributed by atoms with Gasteiger partial charge in [-0.1, -0.05) is 26.3 Å². The molecule has 0 aromatic heterocycles. The molecule has 4 rings (SSSR count). The molecular formula is C20H30O3. The average Bonchev–Trinajstić information content (AvgIpc) is 2.78. The van der Waals surface area contributed by atoms with E-state index in [0.29, 0.717) is 30.1 Å². The second-order valence-electron chi connectivity index (χ2n) is 9.32. The van der Waals surface area contributed by atoms with Gasteiger partial charge in [-0.15, -0.1) is 0 Å². The van der Waals surface area contributed by atoms with Crippen LogP contribution >= 0.6 is 0 Å². The molecule has 2 N–H and O–H groups in total. The molecule has 4 aliphatic rings. The van der Waals surface area contributed by atoms with Crippen LogP contribution in [-0.4, -0.2) is 28.2 Å². The maximum absolute atomic E-state index is 12.0. The first-order chi connectivity index (χ1) is 10.8. The van der Waals surface area contributed by atoms with Gasteiger partial charge in [-0.3, -0.25) is 4.79 Å². The number of allylic oxidation sites excluding steroid dienone is 1. The van der Waals surface area contributed by atoms with Gasteiger partial charge in [0.2, 0.25) is 0 Å². The predicted octanol–water partition coefficient (Wildman–Crippen LogP) is 3.10. The van der Waals surface area contributed by atoms with E-state index in [0.717, 1.165) is 32.1 Å². The molecule has 3 nitrogen and oxygen atoms in total. The summed E-state index contributed by atoms with van der Waals surface area (Å²) in [6.07, 6.45) is 6.66. The fourth-order valence-electron chi connectivity index (χ4n) is 6.93. The standard InChI is InChI=1S/C20H30O3/c1-11-8-12-9-15(21)16(22)10-20(12,3)14-6-7-19(2)13(18(11)14)4-5-17(19)23/h9,11,13-14,16-18,22-23H,4-8,10H2,1-3H3/t11?,13-,14-,16?,17-,18-,19-,20-/m0/s1. The molecule has 0 aromatic rings. The van der Waals surface area contributed by atoms with Crippen molar-refractivity contribution >= 4 is 5.78 Å². The number of aliphatic hydroxyl groups is 2. The van der Waals surface area contributed by atoms with Crippen LogP contribution in [-0.2, 0) is 4.79 Å². The highest BCUT2D eigenvalue weighted by Gasteiger charge is 2.61. The van der Waals surface area contributed by atoms with E-state index in [1.54, 1.807) is 6.08 Å². The topological polar surface area (TPSA) is 57.5 Å². The Kier molecular flexibility index (Phi) is 3.39. The Hall–Kier alpha value is -0.670. The van der Waals surface area contributed by atoms with Crippen LogP contribution < -0.4 is 0 Å². The first-order valence-corrected chi connectivity index (χ1v) is 9.38. The third-order valence-corrected chi connectivity index (χ3v) is 8.30. The summed E-state index contributed by atoms with van der Waals surface area (Å²) in [5.41, 5.74) is 1.33. The number of rotatable bonds is 0. The SMILES string of the molecule is CC1CC2=CC(=O)C(O)C[C@]2(C)[C@H]2CC[C@]3(C)[C@@H](O)CC[C@H]3[C@H]12. The van der Waals surface area contributed by atoms with E-state index in [1.807, 2.05) is 0 Å². The largest absolute Gasteiger partial charge is 0.393 e. The van der Waals surface area contributed by atoms with Crippen LogP contribution in [0.3, 0.4) is 0 Å². The molecule has 0 heterocycles. The Morgan fingerprint density at radius 1 is 1.13 bits per heavy atom. The fraction of sp³-hybridized carbons (Fsp3) is 0.850. The fourth-order valence-corrected chi connectivity index (χ4v) is 6.93. The number of carbonyl (C=O) groups is 1. The van der Waals surface area contributed by atoms with Crippen molar-refractivity contribution in [3.8, 4) is 0 Å². The van der Waals surface area contributed by atoms with Crippen molar-refractivity contribution < 1.29 is 15.0 Å². The molecule has 0 amide bonds. The number of aliphatic hydroxyl groups excluding tert-OH is 2. The monoisotopic (exact) mass is 318 g/mol. The number of hydrogen-bond acceptors (Lipinski definition) is 3. The third kappa shape index (κ3) is 1.99. The van der Waals surface area contributed by atoms with Crippen molar-refractivity contribution in [1.82, 2.24) is 0 Å². The van der Waals surface area contributed by atoms with Crippen LogP contribution in [0.5, 0.6) is 0 Å². The quantitative estimate of drug-likeness (QED) is 0.721. The Morgan fingerprint density at radius 3 is 2.61 bits per heavy atom. The molecule has 2 unspecified atom stereocenters. The van der Waals surface area contributed by atoms with E-state index in [2.05, 4.69) is 20.8 Å². The number of ketones is 1. The molecule has 0 bridgehead atoms. The van der Waals surface area contributed by atoms with E-state index >= 15 is 0 Å². The van der Waals surface area contributed by atoms with Crippen molar-refractivity contribution in [2.24, 2.45) is 34.5 Å². The molecule has 0 saturated heterocycles. The number of fused-ring (bicyclic) bond motifs is 5. The Balaban J connectivity index is 1.74. The minimum atomic E-state index is -0.819. The van der Waals surface area contributed by atoms with Gasteiger partial charge in [-0.2, -0.15) is 0 Å². The van der Waals surface area contributed by atoms with Crippen LogP contribution in [0, 0.1) is 34.5 Å². The van der Waals surface area contributed by atoms with E-state index in [1.165, 1.54) is 5.57 Å². The molecule has 128 valence electrons. The Labute approximate surface area is 139 Å². The molecule has 0 aromatic carbocycles. The highest BCUT2D eigenvalue weighted by atomic mass is 16.3. The predicted molar refractivity (Wildman–Crippen MR) is 88.7 cm³/mol. The Bertz CT molecular complexity index is 567. The molecule has 3 saturated carbocycles. The molecule has 3 heteroatoms. The summed E-state index contributed by atoms with van der Waals surface area (Å²) >= 11 is 0. The molecule has 8 atom stereocenters. The summed E-state index contributed by atoms with van der Waals surface area (Å²) in [5, 5.41) is 20.7. The lowest BCUT2D eigenvalue weighted by molar-refractivity contribution is -0.131. The highest BCUT2D eigenvalue weighted by molar-refractivity contribution is 5.95. The van der Waals surface area contributed by atoms with E-state index in [4.69, 9.17) is 0 Å². The van der Waals surface area contributed by atoms with Crippen molar-refractivity contribution in [3.63, 3.8) is 0 Å². The van der Waals surface area contributed by atoms with Crippen LogP contribution in [0.4, 0.5) is 0 Å². The molecule has 3 fully saturated rings. The molecular weight excluding hydrogens is 288 g/mol. The van der Waals surface area contributed by atoms with Gasteiger partial charge in [0.1, 0.15) is 6.10 Å². The lowest BCUT2D eigenvalue weighted by atomic mass is 9.45. The lowest BCUT2D eigenvalue weighted by Crippen LogP contribution is -2.55. The van der Waals surface area contributed by atoms with E-state index in [-0.39, 0.29) is 22.7 Å². The molecule has 23 heavy (non-hydrogen) atoms. The van der Waals surface area contributed by atoms with Gasteiger partial charge in [-0.05, 0) is 79.1 Å². The van der Waals surface area contributed by atoms with Crippen molar-refractivity contribution in [2.75, 3.05) is 0 Å². The summed E-state index contributed by atoms with van der Waals surface area (Å²) in [5.74, 6) is 2.23. The van der Waals surface area contributed by atoms with Gasteiger partial charge in [0.15, 0.2) is 5.78 Å². The summed E-state index contributed by atoms with van der Waals surface area (Å²) in [6, 6.07) is 0. The van der Waals surface area contributed by atoms with Gasteiger partial charge >= 0.3 is 0 Å². The zero-order valence-electron chi connectivity index (χ0n) is 14.6. The second kappa shape index (κ2) is 4.92. The van der Waals surface area contributed by atoms with Gasteiger partial charge in [0, 0.05) is 0 Å². The Morgan fingerprint density at radius 2 is 1.87 bits per heavy atom. The van der Waals surface area contributed by atoms with Gasteiger partial charge < -0.3 is 10.2 Å². The average molecular weight is 318 g/mol. The molecule has 0 spiro atoms. The minimum Gasteiger partial charge on any atom is -0.393 e. The van der Waals surface area contributed by atoms with Gasteiger partial charge in [-0.25, -0.2) is 0 Å². The maximum Gasteiger partial charge on any atom is 0.184 e. The van der Waals surface area contributed by atoms with Gasteiger partial charge in [0.25, 0.3) is 0 Å². The minimum absolute atomic E-state index is 0.0284. The second-order valence-corrected chi connectivity index (χ2v) is 9.32. The van der Waals surface area contributed by atoms with Crippen molar-refractivity contribution in [1.29, 1.82) is 0 Å². The number of hydrogen-bond donors (Lipinski definition) is 2. The van der Waals surface area contributed by atoms with Crippen LogP contribution in [0.25, 0.3) is 0 Å². The maximum atomic E-state index is 12.0. The summed E-state index contributed by atoms with van der Waals surface area (Å²) in [4.78, 5) is 12.0. The van der Waals surface area contributed by atoms with Crippen LogP contribution in [0.15, 0.2) is 11.6 Å². The summed E-state index contributed by atoms with van der Waals surface area (Å²) in [7, 11) is 0. The first kappa shape index (κ1) is 15.8. The van der Waals surface area contributed by atoms with Crippen molar-refractivity contribution in [3.05, 3.63) is 11.6 Å². The zero-order valence-corrected chi connectivity index (χ0v) is 14.6. The van der Waals surface area contributed by atoms with Gasteiger partial charge in [0.05, 0.1) is 6.10 Å². The van der Waals surface area contributed by atoms with Crippen LogP contribution in [0.1, 0.15) is 59.3 Å². The summed E-state index contributed by atoms with van der Waals surface area (Å²) in [6.45, 7) is 6.92. The first-order valence-electron chi connectivity index (χ1n) is 9.38. The normalized spacial score (nSPS) is 55.7. The van der Waals surface area contributed by atoms with E-state index < -0.39 is 6.10 Å².